The molecule has 1 aliphatic heterocycles. The Morgan fingerprint density at radius 2 is 2.00 bits per heavy atom. The van der Waals surface area contributed by atoms with Gasteiger partial charge >= 0.3 is 0 Å². The Morgan fingerprint density at radius 3 is 2.80 bits per heavy atom. The Kier molecular flexibility index (Phi) is 3.75. The van der Waals surface area contributed by atoms with Crippen molar-refractivity contribution in [2.45, 2.75) is 18.8 Å². The number of hydrogen-bond donors (Lipinski definition) is 2. The number of fused-ring (bicyclic) bond motifs is 1. The molecule has 2 fully saturated rings. The van der Waals surface area contributed by atoms with E-state index in [0.717, 1.165) is 52.9 Å². The second kappa shape index (κ2) is 6.11. The fraction of sp³-hybridized carbons (Fsp3) is 0.368. The van der Waals surface area contributed by atoms with Crippen LogP contribution in [0.5, 0.6) is 0 Å². The second-order valence-corrected chi connectivity index (χ2v) is 7.71. The highest BCUT2D eigenvalue weighted by molar-refractivity contribution is 9.10. The molecule has 0 unspecified atom stereocenters. The first-order chi connectivity index (χ1) is 12.3. The molecule has 128 valence electrons. The summed E-state index contributed by atoms with van der Waals surface area (Å²) in [5.41, 5.74) is 5.82. The second-order valence-electron chi connectivity index (χ2n) is 6.86. The lowest BCUT2D eigenvalue weighted by atomic mass is 10.0. The molecule has 4 heterocycles. The topological polar surface area (TPSA) is 56.8 Å². The zero-order chi connectivity index (χ0) is 16.8. The third kappa shape index (κ3) is 2.73. The molecule has 3 aromatic rings. The highest BCUT2D eigenvalue weighted by Gasteiger charge is 2.29. The first-order valence-electron chi connectivity index (χ1n) is 8.89. The van der Waals surface area contributed by atoms with Crippen molar-refractivity contribution in [3.63, 3.8) is 0 Å². The van der Waals surface area contributed by atoms with Crippen molar-refractivity contribution < 1.29 is 0 Å². The number of nitrogens with one attached hydrogen (secondary N) is 2. The van der Waals surface area contributed by atoms with E-state index in [1.165, 1.54) is 24.1 Å². The van der Waals surface area contributed by atoms with E-state index in [9.17, 15) is 0 Å². The van der Waals surface area contributed by atoms with E-state index in [1.54, 1.807) is 0 Å². The van der Waals surface area contributed by atoms with Crippen LogP contribution in [0, 0.1) is 0 Å². The van der Waals surface area contributed by atoms with Crippen LogP contribution >= 0.6 is 15.9 Å². The summed E-state index contributed by atoms with van der Waals surface area (Å²) in [7, 11) is 0. The number of nitrogens with zero attached hydrogens (tertiary/aromatic N) is 3. The summed E-state index contributed by atoms with van der Waals surface area (Å²) in [6.45, 7) is 4.21. The third-order valence-corrected chi connectivity index (χ3v) is 5.81. The number of piperazine rings is 1. The zero-order valence-corrected chi connectivity index (χ0v) is 15.5. The lowest BCUT2D eigenvalue weighted by molar-refractivity contribution is 0.587. The Bertz CT molecular complexity index is 925. The molecule has 0 bridgehead atoms. The van der Waals surface area contributed by atoms with Gasteiger partial charge in [0.05, 0.1) is 5.69 Å². The zero-order valence-electron chi connectivity index (χ0n) is 13.9. The van der Waals surface area contributed by atoms with E-state index in [0.29, 0.717) is 5.92 Å². The Labute approximate surface area is 155 Å². The molecule has 1 aliphatic carbocycles. The van der Waals surface area contributed by atoms with E-state index in [2.05, 4.69) is 54.4 Å². The molecule has 6 heteroatoms. The first kappa shape index (κ1) is 15.3. The largest absolute Gasteiger partial charge is 0.369 e. The highest BCUT2D eigenvalue weighted by atomic mass is 79.9. The maximum absolute atomic E-state index is 4.83. The normalized spacial score (nSPS) is 18.0. The van der Waals surface area contributed by atoms with Crippen LogP contribution in [0.15, 0.2) is 35.2 Å². The van der Waals surface area contributed by atoms with Crippen molar-refractivity contribution in [2.75, 3.05) is 31.1 Å². The van der Waals surface area contributed by atoms with Crippen LogP contribution in [-0.4, -0.2) is 41.1 Å². The van der Waals surface area contributed by atoms with Gasteiger partial charge in [0.15, 0.2) is 0 Å². The lowest BCUT2D eigenvalue weighted by Crippen LogP contribution is -2.43. The molecular weight excluding hydrogens is 378 g/mol. The fourth-order valence-electron chi connectivity index (χ4n) is 3.72. The number of aromatic amines is 1. The standard InChI is InChI=1S/C19H20BrN5/c20-15-11-24-19-18(15)13(3-4-22-19)16-9-17(25-7-5-21-6-8-25)14(10-23-16)12-1-2-12/h3-4,9-12,21H,1-2,5-8H2,(H,22,24). The van der Waals surface area contributed by atoms with Crippen molar-refractivity contribution in [1.29, 1.82) is 0 Å². The summed E-state index contributed by atoms with van der Waals surface area (Å²) in [5.74, 6) is 0.697. The van der Waals surface area contributed by atoms with Gasteiger partial charge in [0.25, 0.3) is 0 Å². The van der Waals surface area contributed by atoms with Gasteiger partial charge in [-0.15, -0.1) is 0 Å². The summed E-state index contributed by atoms with van der Waals surface area (Å²) >= 11 is 3.64. The summed E-state index contributed by atoms with van der Waals surface area (Å²) in [6, 6.07) is 4.34. The summed E-state index contributed by atoms with van der Waals surface area (Å²) in [4.78, 5) is 15.0. The van der Waals surface area contributed by atoms with Gasteiger partial charge in [0.1, 0.15) is 5.65 Å². The number of rotatable bonds is 3. The van der Waals surface area contributed by atoms with Gasteiger partial charge < -0.3 is 15.2 Å². The third-order valence-electron chi connectivity index (χ3n) is 5.19. The molecule has 0 spiro atoms. The number of pyridine rings is 2. The molecule has 0 radical (unpaired) electrons. The van der Waals surface area contributed by atoms with Crippen LogP contribution in [0.4, 0.5) is 5.69 Å². The van der Waals surface area contributed by atoms with E-state index in [4.69, 9.17) is 4.98 Å². The van der Waals surface area contributed by atoms with Gasteiger partial charge in [-0.2, -0.15) is 0 Å². The van der Waals surface area contributed by atoms with Crippen LogP contribution in [0.3, 0.4) is 0 Å². The van der Waals surface area contributed by atoms with E-state index in [1.807, 2.05) is 12.4 Å². The Hall–Kier alpha value is -1.92. The predicted octanol–water partition coefficient (Wildman–Crippen LogP) is 3.67. The molecule has 5 nitrogen and oxygen atoms in total. The Balaban J connectivity index is 1.65. The van der Waals surface area contributed by atoms with Gasteiger partial charge in [0, 0.05) is 65.9 Å². The number of hydrogen-bond acceptors (Lipinski definition) is 4. The highest BCUT2D eigenvalue weighted by Crippen LogP contribution is 2.45. The minimum atomic E-state index is 0.697. The van der Waals surface area contributed by atoms with E-state index in [-0.39, 0.29) is 0 Å². The van der Waals surface area contributed by atoms with Gasteiger partial charge in [0.2, 0.25) is 0 Å². The molecule has 3 aromatic heterocycles. The van der Waals surface area contributed by atoms with Crippen molar-refractivity contribution in [1.82, 2.24) is 20.3 Å². The average Bonchev–Trinajstić information content (AvgIpc) is 3.45. The Morgan fingerprint density at radius 1 is 1.16 bits per heavy atom. The molecule has 1 saturated carbocycles. The van der Waals surface area contributed by atoms with Gasteiger partial charge in [-0.3, -0.25) is 4.98 Å². The molecule has 1 saturated heterocycles. The molecule has 0 amide bonds. The summed E-state index contributed by atoms with van der Waals surface area (Å²) < 4.78 is 1.03. The molecule has 0 atom stereocenters. The smallest absolute Gasteiger partial charge is 0.139 e. The monoisotopic (exact) mass is 397 g/mol. The summed E-state index contributed by atoms with van der Waals surface area (Å²) in [5, 5.41) is 4.55. The van der Waals surface area contributed by atoms with Crippen LogP contribution in [0.2, 0.25) is 0 Å². The number of anilines is 1. The maximum Gasteiger partial charge on any atom is 0.139 e. The van der Waals surface area contributed by atoms with Crippen molar-refractivity contribution >= 4 is 32.7 Å². The van der Waals surface area contributed by atoms with E-state index < -0.39 is 0 Å². The van der Waals surface area contributed by atoms with Crippen LogP contribution in [-0.2, 0) is 0 Å². The molecule has 2 N–H and O–H groups in total. The number of aromatic nitrogens is 3. The van der Waals surface area contributed by atoms with Crippen molar-refractivity contribution in [3.05, 3.63) is 40.8 Å². The van der Waals surface area contributed by atoms with Crippen molar-refractivity contribution in [3.8, 4) is 11.3 Å². The first-order valence-corrected chi connectivity index (χ1v) is 9.68. The van der Waals surface area contributed by atoms with Crippen LogP contribution < -0.4 is 10.2 Å². The van der Waals surface area contributed by atoms with Crippen LogP contribution in [0.1, 0.15) is 24.3 Å². The maximum atomic E-state index is 4.83. The quantitative estimate of drug-likeness (QED) is 0.707. The minimum absolute atomic E-state index is 0.697. The van der Waals surface area contributed by atoms with E-state index >= 15 is 0 Å². The predicted molar refractivity (Wildman–Crippen MR) is 104 cm³/mol. The SMILES string of the molecule is Brc1c[nH]c2nccc(-c3cc(N4CCNCC4)c(C4CC4)cn3)c12. The van der Waals surface area contributed by atoms with Gasteiger partial charge in [-0.05, 0) is 52.4 Å². The average molecular weight is 398 g/mol. The molecule has 25 heavy (non-hydrogen) atoms. The lowest BCUT2D eigenvalue weighted by Gasteiger charge is -2.31. The molecule has 2 aliphatic rings. The fourth-order valence-corrected chi connectivity index (χ4v) is 4.24. The van der Waals surface area contributed by atoms with Crippen LogP contribution in [0.25, 0.3) is 22.3 Å². The molecule has 0 aromatic carbocycles. The van der Waals surface area contributed by atoms with Gasteiger partial charge in [-0.1, -0.05) is 0 Å². The van der Waals surface area contributed by atoms with Gasteiger partial charge in [-0.25, -0.2) is 4.98 Å². The minimum Gasteiger partial charge on any atom is -0.369 e. The van der Waals surface area contributed by atoms with Crippen molar-refractivity contribution in [2.24, 2.45) is 0 Å². The summed E-state index contributed by atoms with van der Waals surface area (Å²) in [6.07, 6.45) is 8.49. The molecular formula is C19H20BrN5. The number of H-pyrrole nitrogens is 1. The molecule has 5 rings (SSSR count). The number of halogens is 1.